The van der Waals surface area contributed by atoms with E-state index >= 15 is 0 Å². The van der Waals surface area contributed by atoms with E-state index in [-0.39, 0.29) is 5.92 Å². The van der Waals surface area contributed by atoms with Gasteiger partial charge in [0.25, 0.3) is 0 Å². The fraction of sp³-hybridized carbons (Fsp3) is 0.750. The molecule has 160 valence electrons. The van der Waals surface area contributed by atoms with E-state index in [9.17, 15) is 4.79 Å². The molecule has 1 saturated carbocycles. The van der Waals surface area contributed by atoms with Crippen molar-refractivity contribution in [2.75, 3.05) is 32.7 Å². The Balaban J connectivity index is 1.18. The van der Waals surface area contributed by atoms with Gasteiger partial charge in [-0.05, 0) is 69.3 Å². The van der Waals surface area contributed by atoms with Gasteiger partial charge in [0, 0.05) is 38.1 Å². The average molecular weight is 399 g/mol. The molecule has 0 bridgehead atoms. The van der Waals surface area contributed by atoms with Crippen molar-refractivity contribution in [1.82, 2.24) is 20.1 Å². The van der Waals surface area contributed by atoms with Gasteiger partial charge in [0.1, 0.15) is 0 Å². The Hall–Kier alpha value is -1.46. The van der Waals surface area contributed by atoms with E-state index in [1.54, 1.807) is 0 Å². The van der Waals surface area contributed by atoms with E-state index in [2.05, 4.69) is 26.2 Å². The molecule has 5 nitrogen and oxygen atoms in total. The van der Waals surface area contributed by atoms with Gasteiger partial charge in [-0.1, -0.05) is 31.7 Å². The second-order valence-electron chi connectivity index (χ2n) is 9.43. The quantitative estimate of drug-likeness (QED) is 0.764. The summed E-state index contributed by atoms with van der Waals surface area (Å²) >= 11 is 0. The summed E-state index contributed by atoms with van der Waals surface area (Å²) < 4.78 is 0. The number of rotatable bonds is 7. The molecule has 3 aliphatic rings. The van der Waals surface area contributed by atoms with Crippen LogP contribution in [0.4, 0.5) is 0 Å². The van der Waals surface area contributed by atoms with Gasteiger partial charge < -0.3 is 5.32 Å². The van der Waals surface area contributed by atoms with E-state index in [1.807, 2.05) is 18.5 Å². The molecule has 1 atom stereocenters. The maximum Gasteiger partial charge on any atom is 0.224 e. The number of likely N-dealkylation sites (tertiary alicyclic amines) is 2. The number of piperidine rings is 2. The van der Waals surface area contributed by atoms with Crippen LogP contribution in [0.5, 0.6) is 0 Å². The van der Waals surface area contributed by atoms with Crippen molar-refractivity contribution >= 4 is 5.91 Å². The van der Waals surface area contributed by atoms with Gasteiger partial charge in [-0.15, -0.1) is 0 Å². The predicted molar refractivity (Wildman–Crippen MR) is 116 cm³/mol. The minimum Gasteiger partial charge on any atom is -0.356 e. The van der Waals surface area contributed by atoms with Crippen LogP contribution in [0.1, 0.15) is 63.4 Å². The lowest BCUT2D eigenvalue weighted by Gasteiger charge is -2.42. The van der Waals surface area contributed by atoms with Gasteiger partial charge >= 0.3 is 0 Å². The Bertz CT molecular complexity index is 623. The first-order chi connectivity index (χ1) is 14.3. The smallest absolute Gasteiger partial charge is 0.224 e. The van der Waals surface area contributed by atoms with Gasteiger partial charge in [0.05, 0.1) is 5.92 Å². The first-order valence-electron chi connectivity index (χ1n) is 11.9. The molecule has 2 saturated heterocycles. The lowest BCUT2D eigenvalue weighted by atomic mass is 9.93. The average Bonchev–Trinajstić information content (AvgIpc) is 3.29. The van der Waals surface area contributed by atoms with Crippen LogP contribution < -0.4 is 5.32 Å². The number of carbonyl (C=O) groups is 1. The first kappa shape index (κ1) is 20.8. The molecule has 5 heteroatoms. The van der Waals surface area contributed by atoms with Crippen LogP contribution in [-0.4, -0.2) is 59.5 Å². The molecule has 4 rings (SSSR count). The minimum absolute atomic E-state index is 0.195. The number of hydrogen-bond donors (Lipinski definition) is 1. The van der Waals surface area contributed by atoms with Crippen LogP contribution in [0, 0.1) is 11.8 Å². The normalized spacial score (nSPS) is 25.3. The lowest BCUT2D eigenvalue weighted by Crippen LogP contribution is -2.50. The molecule has 1 aliphatic carbocycles. The Morgan fingerprint density at radius 2 is 1.90 bits per heavy atom. The standard InChI is InChI=1S/C24H38N4O/c29-24(26-13-9-20-5-1-2-6-20)22-8-4-14-28(19-22)23-10-15-27(16-11-23)18-21-7-3-12-25-17-21/h3,7,12,17,20,22-23H,1-2,4-6,8-11,13-16,18-19H2,(H,26,29). The molecule has 0 spiro atoms. The van der Waals surface area contributed by atoms with E-state index in [1.165, 1.54) is 57.1 Å². The van der Waals surface area contributed by atoms with Gasteiger partial charge in [-0.2, -0.15) is 0 Å². The summed E-state index contributed by atoms with van der Waals surface area (Å²) in [5.74, 6) is 1.36. The zero-order valence-electron chi connectivity index (χ0n) is 17.9. The molecular weight excluding hydrogens is 360 g/mol. The molecule has 1 unspecified atom stereocenters. The number of carbonyl (C=O) groups excluding carboxylic acids is 1. The second-order valence-corrected chi connectivity index (χ2v) is 9.43. The number of pyridine rings is 1. The summed E-state index contributed by atoms with van der Waals surface area (Å²) in [5, 5.41) is 3.26. The topological polar surface area (TPSA) is 48.5 Å². The largest absolute Gasteiger partial charge is 0.356 e. The lowest BCUT2D eigenvalue weighted by molar-refractivity contribution is -0.127. The molecule has 1 N–H and O–H groups in total. The first-order valence-corrected chi connectivity index (χ1v) is 11.9. The van der Waals surface area contributed by atoms with Crippen LogP contribution in [0.2, 0.25) is 0 Å². The van der Waals surface area contributed by atoms with E-state index < -0.39 is 0 Å². The highest BCUT2D eigenvalue weighted by molar-refractivity contribution is 5.78. The fourth-order valence-electron chi connectivity index (χ4n) is 5.59. The van der Waals surface area contributed by atoms with Crippen LogP contribution in [0.25, 0.3) is 0 Å². The maximum absolute atomic E-state index is 12.7. The molecule has 1 amide bonds. The zero-order chi connectivity index (χ0) is 19.9. The van der Waals surface area contributed by atoms with Gasteiger partial charge in [0.2, 0.25) is 5.91 Å². The summed E-state index contributed by atoms with van der Waals surface area (Å²) in [7, 11) is 0. The highest BCUT2D eigenvalue weighted by Gasteiger charge is 2.31. The van der Waals surface area contributed by atoms with Crippen LogP contribution >= 0.6 is 0 Å². The maximum atomic E-state index is 12.7. The zero-order valence-corrected chi connectivity index (χ0v) is 17.9. The number of nitrogens with zero attached hydrogens (tertiary/aromatic N) is 3. The van der Waals surface area contributed by atoms with Crippen molar-refractivity contribution in [2.24, 2.45) is 11.8 Å². The van der Waals surface area contributed by atoms with E-state index in [0.717, 1.165) is 51.5 Å². The summed E-state index contributed by atoms with van der Waals surface area (Å²) in [4.78, 5) is 22.1. The molecule has 3 heterocycles. The van der Waals surface area contributed by atoms with Crippen LogP contribution in [-0.2, 0) is 11.3 Å². The van der Waals surface area contributed by atoms with Crippen LogP contribution in [0.15, 0.2) is 24.5 Å². The highest BCUT2D eigenvalue weighted by Crippen LogP contribution is 2.27. The Morgan fingerprint density at radius 3 is 2.66 bits per heavy atom. The van der Waals surface area contributed by atoms with E-state index in [0.29, 0.717) is 11.9 Å². The third kappa shape index (κ3) is 6.02. The number of aromatic nitrogens is 1. The van der Waals surface area contributed by atoms with Crippen molar-refractivity contribution < 1.29 is 4.79 Å². The number of hydrogen-bond acceptors (Lipinski definition) is 4. The Morgan fingerprint density at radius 1 is 1.07 bits per heavy atom. The van der Waals surface area contributed by atoms with Crippen molar-refractivity contribution in [1.29, 1.82) is 0 Å². The van der Waals surface area contributed by atoms with E-state index in [4.69, 9.17) is 0 Å². The monoisotopic (exact) mass is 398 g/mol. The van der Waals surface area contributed by atoms with Gasteiger partial charge in [0.15, 0.2) is 0 Å². The summed E-state index contributed by atoms with van der Waals surface area (Å²) in [5.41, 5.74) is 1.30. The molecular formula is C24H38N4O. The van der Waals surface area contributed by atoms with Gasteiger partial charge in [-0.3, -0.25) is 19.6 Å². The molecule has 3 fully saturated rings. The second kappa shape index (κ2) is 10.5. The molecule has 29 heavy (non-hydrogen) atoms. The fourth-order valence-corrected chi connectivity index (χ4v) is 5.59. The molecule has 0 radical (unpaired) electrons. The molecule has 1 aromatic heterocycles. The third-order valence-electron chi connectivity index (χ3n) is 7.35. The predicted octanol–water partition coefficient (Wildman–Crippen LogP) is 3.45. The van der Waals surface area contributed by atoms with Crippen molar-refractivity contribution in [2.45, 2.75) is 70.4 Å². The van der Waals surface area contributed by atoms with Crippen molar-refractivity contribution in [3.8, 4) is 0 Å². The highest BCUT2D eigenvalue weighted by atomic mass is 16.1. The summed E-state index contributed by atoms with van der Waals surface area (Å²) in [6.07, 6.45) is 15.2. The molecule has 0 aromatic carbocycles. The summed E-state index contributed by atoms with van der Waals surface area (Å²) in [6, 6.07) is 4.84. The Labute approximate surface area is 176 Å². The number of nitrogens with one attached hydrogen (secondary N) is 1. The SMILES string of the molecule is O=C(NCCC1CCCC1)C1CCCN(C2CCN(Cc3cccnc3)CC2)C1. The Kier molecular flexibility index (Phi) is 7.55. The molecule has 2 aliphatic heterocycles. The van der Waals surface area contributed by atoms with Crippen LogP contribution in [0.3, 0.4) is 0 Å². The number of amides is 1. The van der Waals surface area contributed by atoms with Crippen molar-refractivity contribution in [3.05, 3.63) is 30.1 Å². The van der Waals surface area contributed by atoms with Gasteiger partial charge in [-0.25, -0.2) is 0 Å². The summed E-state index contributed by atoms with van der Waals surface area (Å²) in [6.45, 7) is 6.31. The van der Waals surface area contributed by atoms with Crippen molar-refractivity contribution in [3.63, 3.8) is 0 Å². The third-order valence-corrected chi connectivity index (χ3v) is 7.35. The molecule has 1 aromatic rings. The minimum atomic E-state index is 0.195.